The Morgan fingerprint density at radius 3 is 2.46 bits per heavy atom. The Kier molecular flexibility index (Phi) is 6.64. The van der Waals surface area contributed by atoms with E-state index in [1.807, 2.05) is 17.4 Å². The van der Waals surface area contributed by atoms with Crippen molar-refractivity contribution in [1.82, 2.24) is 15.6 Å². The van der Waals surface area contributed by atoms with Crippen molar-refractivity contribution in [2.24, 2.45) is 0 Å². The molecule has 150 valence electrons. The smallest absolute Gasteiger partial charge is 0.315 e. The molecule has 0 aliphatic carbocycles. The summed E-state index contributed by atoms with van der Waals surface area (Å²) in [7, 11) is 0. The SMILES string of the molecule is O=C(N[C@H](CF)[C@H](O)c1ccc(-c2ccc(C3CCCN3)nc2)cc1)C(F)F. The molecule has 3 N–H and O–H groups in total. The molecule has 0 spiro atoms. The predicted molar refractivity (Wildman–Crippen MR) is 98.5 cm³/mol. The fourth-order valence-corrected chi connectivity index (χ4v) is 3.27. The molecule has 3 rings (SSSR count). The summed E-state index contributed by atoms with van der Waals surface area (Å²) in [6, 6.07) is 9.38. The Bertz CT molecular complexity index is 778. The first-order valence-electron chi connectivity index (χ1n) is 9.12. The van der Waals surface area contributed by atoms with Crippen molar-refractivity contribution in [3.63, 3.8) is 0 Å². The number of benzene rings is 1. The first-order valence-corrected chi connectivity index (χ1v) is 9.12. The van der Waals surface area contributed by atoms with Crippen LogP contribution in [0, 0.1) is 0 Å². The minimum absolute atomic E-state index is 0.285. The standard InChI is InChI=1S/C20H22F3N3O2/c21-10-17(26-20(28)19(22)23)18(27)13-5-3-12(4-6-13)14-7-8-16(25-11-14)15-2-1-9-24-15/h3-8,11,15,17-19,24,27H,1-2,9-10H2,(H,26,28)/t15?,17-,18-/m1/s1. The second-order valence-corrected chi connectivity index (χ2v) is 6.76. The van der Waals surface area contributed by atoms with Crippen LogP contribution >= 0.6 is 0 Å². The minimum Gasteiger partial charge on any atom is -0.386 e. The van der Waals surface area contributed by atoms with E-state index in [1.165, 1.54) is 0 Å². The maximum absolute atomic E-state index is 13.1. The largest absolute Gasteiger partial charge is 0.386 e. The number of carbonyl (C=O) groups excluding carboxylic acids is 1. The number of carbonyl (C=O) groups is 1. The van der Waals surface area contributed by atoms with Crippen molar-refractivity contribution in [3.8, 4) is 11.1 Å². The first-order chi connectivity index (χ1) is 13.5. The average Bonchev–Trinajstić information content (AvgIpc) is 3.26. The molecule has 1 aliphatic rings. The lowest BCUT2D eigenvalue weighted by molar-refractivity contribution is -0.133. The first kappa shape index (κ1) is 20.3. The quantitative estimate of drug-likeness (QED) is 0.676. The molecule has 1 amide bonds. The topological polar surface area (TPSA) is 74.2 Å². The Morgan fingerprint density at radius 1 is 1.21 bits per heavy atom. The van der Waals surface area contributed by atoms with Crippen LogP contribution in [0.4, 0.5) is 13.2 Å². The van der Waals surface area contributed by atoms with Gasteiger partial charge in [-0.25, -0.2) is 4.39 Å². The van der Waals surface area contributed by atoms with Gasteiger partial charge < -0.3 is 15.7 Å². The predicted octanol–water partition coefficient (Wildman–Crippen LogP) is 2.93. The third-order valence-corrected chi connectivity index (χ3v) is 4.86. The van der Waals surface area contributed by atoms with Crippen molar-refractivity contribution in [2.45, 2.75) is 37.5 Å². The monoisotopic (exact) mass is 393 g/mol. The van der Waals surface area contributed by atoms with Gasteiger partial charge in [0, 0.05) is 17.8 Å². The molecule has 8 heteroatoms. The number of nitrogens with one attached hydrogen (secondary N) is 2. The number of aromatic nitrogens is 1. The van der Waals surface area contributed by atoms with E-state index in [-0.39, 0.29) is 6.04 Å². The Labute approximate surface area is 161 Å². The van der Waals surface area contributed by atoms with Crippen LogP contribution in [-0.4, -0.2) is 41.7 Å². The Hall–Kier alpha value is -2.45. The van der Waals surface area contributed by atoms with Crippen molar-refractivity contribution >= 4 is 5.91 Å². The number of halogens is 3. The van der Waals surface area contributed by atoms with E-state index in [0.29, 0.717) is 5.56 Å². The molecule has 1 fully saturated rings. The van der Waals surface area contributed by atoms with Crippen molar-refractivity contribution in [1.29, 1.82) is 0 Å². The van der Waals surface area contributed by atoms with Crippen molar-refractivity contribution < 1.29 is 23.1 Å². The van der Waals surface area contributed by atoms with Crippen LogP contribution in [0.5, 0.6) is 0 Å². The van der Waals surface area contributed by atoms with Gasteiger partial charge >= 0.3 is 6.43 Å². The summed E-state index contributed by atoms with van der Waals surface area (Å²) in [5.74, 6) is -1.61. The molecule has 0 radical (unpaired) electrons. The van der Waals surface area contributed by atoms with E-state index in [1.54, 1.807) is 30.5 Å². The summed E-state index contributed by atoms with van der Waals surface area (Å²) in [6.45, 7) is -0.169. The summed E-state index contributed by atoms with van der Waals surface area (Å²) in [6.07, 6.45) is -0.727. The molecule has 28 heavy (non-hydrogen) atoms. The maximum Gasteiger partial charge on any atom is 0.315 e. The van der Waals surface area contributed by atoms with Gasteiger partial charge in [0.25, 0.3) is 5.91 Å². The molecular weight excluding hydrogens is 371 g/mol. The van der Waals surface area contributed by atoms with E-state index >= 15 is 0 Å². The fourth-order valence-electron chi connectivity index (χ4n) is 3.27. The highest BCUT2D eigenvalue weighted by Gasteiger charge is 2.26. The molecule has 2 heterocycles. The zero-order valence-corrected chi connectivity index (χ0v) is 15.1. The number of hydrogen-bond donors (Lipinski definition) is 3. The van der Waals surface area contributed by atoms with Crippen LogP contribution in [0.15, 0.2) is 42.6 Å². The fraction of sp³-hybridized carbons (Fsp3) is 0.400. The third kappa shape index (κ3) is 4.69. The van der Waals surface area contributed by atoms with E-state index < -0.39 is 31.2 Å². The highest BCUT2D eigenvalue weighted by molar-refractivity contribution is 5.79. The summed E-state index contributed by atoms with van der Waals surface area (Å²) < 4.78 is 37.8. The van der Waals surface area contributed by atoms with Crippen LogP contribution in [0.3, 0.4) is 0 Å². The van der Waals surface area contributed by atoms with Crippen LogP contribution in [0.2, 0.25) is 0 Å². The van der Waals surface area contributed by atoms with E-state index in [2.05, 4.69) is 10.3 Å². The normalized spacial score (nSPS) is 18.8. The second-order valence-electron chi connectivity index (χ2n) is 6.76. The van der Waals surface area contributed by atoms with Gasteiger partial charge in [-0.2, -0.15) is 8.78 Å². The van der Waals surface area contributed by atoms with Gasteiger partial charge in [-0.15, -0.1) is 0 Å². The third-order valence-electron chi connectivity index (χ3n) is 4.86. The molecule has 5 nitrogen and oxygen atoms in total. The number of alkyl halides is 3. The molecular formula is C20H22F3N3O2. The number of nitrogens with zero attached hydrogens (tertiary/aromatic N) is 1. The van der Waals surface area contributed by atoms with Gasteiger partial charge in [0.1, 0.15) is 12.8 Å². The number of hydrogen-bond acceptors (Lipinski definition) is 4. The lowest BCUT2D eigenvalue weighted by atomic mass is 9.99. The Balaban J connectivity index is 1.69. The molecule has 3 atom stereocenters. The molecule has 1 saturated heterocycles. The van der Waals surface area contributed by atoms with Gasteiger partial charge in [-0.05, 0) is 36.6 Å². The van der Waals surface area contributed by atoms with E-state index in [9.17, 15) is 23.1 Å². The molecule has 1 aromatic heterocycles. The van der Waals surface area contributed by atoms with E-state index in [0.717, 1.165) is 36.2 Å². The summed E-state index contributed by atoms with van der Waals surface area (Å²) in [4.78, 5) is 15.6. The lowest BCUT2D eigenvalue weighted by Crippen LogP contribution is -2.43. The van der Waals surface area contributed by atoms with Gasteiger partial charge in [0.05, 0.1) is 11.7 Å². The van der Waals surface area contributed by atoms with Crippen LogP contribution in [0.25, 0.3) is 11.1 Å². The van der Waals surface area contributed by atoms with Gasteiger partial charge in [-0.1, -0.05) is 30.3 Å². The minimum atomic E-state index is -3.27. The number of rotatable bonds is 7. The summed E-state index contributed by atoms with van der Waals surface area (Å²) in [5.41, 5.74) is 3.05. The lowest BCUT2D eigenvalue weighted by Gasteiger charge is -2.22. The van der Waals surface area contributed by atoms with Gasteiger partial charge in [0.15, 0.2) is 0 Å². The number of amides is 1. The summed E-state index contributed by atoms with van der Waals surface area (Å²) in [5, 5.41) is 15.4. The van der Waals surface area contributed by atoms with Gasteiger partial charge in [-0.3, -0.25) is 9.78 Å². The zero-order chi connectivity index (χ0) is 20.1. The highest BCUT2D eigenvalue weighted by Crippen LogP contribution is 2.26. The van der Waals surface area contributed by atoms with Gasteiger partial charge in [0.2, 0.25) is 0 Å². The number of aliphatic hydroxyl groups excluding tert-OH is 1. The number of pyridine rings is 1. The molecule has 0 bridgehead atoms. The molecule has 0 saturated carbocycles. The van der Waals surface area contributed by atoms with Crippen LogP contribution < -0.4 is 10.6 Å². The maximum atomic E-state index is 13.1. The second kappa shape index (κ2) is 9.16. The molecule has 1 aliphatic heterocycles. The van der Waals surface area contributed by atoms with Crippen LogP contribution in [-0.2, 0) is 4.79 Å². The van der Waals surface area contributed by atoms with E-state index in [4.69, 9.17) is 0 Å². The molecule has 1 aromatic carbocycles. The zero-order valence-electron chi connectivity index (χ0n) is 15.1. The highest BCUT2D eigenvalue weighted by atomic mass is 19.3. The summed E-state index contributed by atoms with van der Waals surface area (Å²) >= 11 is 0. The van der Waals surface area contributed by atoms with Crippen LogP contribution in [0.1, 0.15) is 36.2 Å². The average molecular weight is 393 g/mol. The Morgan fingerprint density at radius 2 is 1.93 bits per heavy atom. The molecule has 2 aromatic rings. The molecule has 1 unspecified atom stereocenters. The number of aliphatic hydroxyl groups is 1. The van der Waals surface area contributed by atoms with Crippen molar-refractivity contribution in [3.05, 3.63) is 53.9 Å². The van der Waals surface area contributed by atoms with Crippen molar-refractivity contribution in [2.75, 3.05) is 13.2 Å².